The second kappa shape index (κ2) is 38.0. The van der Waals surface area contributed by atoms with Crippen molar-refractivity contribution in [2.45, 2.75) is 20.8 Å². The molecule has 606 valence electrons. The number of hydrogen-bond acceptors (Lipinski definition) is 16. The summed E-state index contributed by atoms with van der Waals surface area (Å²) in [6.07, 6.45) is 0. The van der Waals surface area contributed by atoms with Gasteiger partial charge in [-0.2, -0.15) is 0 Å². The summed E-state index contributed by atoms with van der Waals surface area (Å²) >= 11 is 0. The van der Waals surface area contributed by atoms with E-state index in [1.54, 1.807) is 28.4 Å². The van der Waals surface area contributed by atoms with Crippen molar-refractivity contribution in [2.24, 2.45) is 0 Å². The van der Waals surface area contributed by atoms with Gasteiger partial charge < -0.3 is 90.0 Å². The lowest BCUT2D eigenvalue weighted by Gasteiger charge is -2.27. The molecule has 0 saturated heterocycles. The average molecular weight is 1590 g/mol. The number of ether oxygens (including phenoxy) is 13. The van der Waals surface area contributed by atoms with E-state index < -0.39 is 0 Å². The van der Waals surface area contributed by atoms with Gasteiger partial charge >= 0.3 is 0 Å². The Bertz CT molecular complexity index is 5680. The summed E-state index contributed by atoms with van der Waals surface area (Å²) in [5.41, 5.74) is 17.6. The second-order valence-electron chi connectivity index (χ2n) is 28.3. The lowest BCUT2D eigenvalue weighted by molar-refractivity contribution is 0.0405. The maximum Gasteiger partial charge on any atom is 0.119 e. The van der Waals surface area contributed by atoms with Gasteiger partial charge in [-0.25, -0.2) is 0 Å². The number of nitrogens with zero attached hydrogens (tertiary/aromatic N) is 6. The van der Waals surface area contributed by atoms with Crippen molar-refractivity contribution < 1.29 is 61.6 Å². The highest BCUT2D eigenvalue weighted by Crippen LogP contribution is 2.48. The number of anilines is 9. The monoisotopic (exact) mass is 1590 g/mol. The van der Waals surface area contributed by atoms with Gasteiger partial charge in [0.1, 0.15) is 60.1 Å². The number of para-hydroxylation sites is 1. The lowest BCUT2D eigenvalue weighted by atomic mass is 10.1. The smallest absolute Gasteiger partial charge is 0.119 e. The van der Waals surface area contributed by atoms with E-state index in [1.165, 1.54) is 0 Å². The minimum absolute atomic E-state index is 0.398. The van der Waals surface area contributed by atoms with Crippen LogP contribution in [-0.4, -0.2) is 141 Å². The topological polar surface area (TPSA) is 145 Å². The summed E-state index contributed by atoms with van der Waals surface area (Å²) in [4.78, 5) is 6.96. The Kier molecular flexibility index (Phi) is 25.5. The van der Waals surface area contributed by atoms with Crippen LogP contribution in [-0.2, 0) is 28.4 Å². The number of rotatable bonds is 40. The Balaban J connectivity index is 0.893. The van der Waals surface area contributed by atoms with E-state index in [-0.39, 0.29) is 0 Å². The molecule has 0 aliphatic rings. The zero-order valence-corrected chi connectivity index (χ0v) is 68.2. The fourth-order valence-corrected chi connectivity index (χ4v) is 15.6. The van der Waals surface area contributed by atoms with Crippen LogP contribution in [0.15, 0.2) is 285 Å². The number of hydrogen-bond donors (Lipinski definition) is 0. The SMILES string of the molecule is CCOCCOCCOc1ccc(-n2c3ccccc3c3cc(N(c4ccc5c(c4)c4cc(N(c6ccc(OC)cc6)c6ccc(OC)cc6)ccc4n5-c4ccc(OCCOCCOCC)cc4)c4ccc5c(c4)c4cc(N(c6ccc(OC)cc6)c6ccc(OC)cc6)ccc4n5-c4ccc(OCCOCCOCC)cc4)ccc32)cc1. The van der Waals surface area contributed by atoms with Crippen LogP contribution in [0.2, 0.25) is 0 Å². The quantitative estimate of drug-likeness (QED) is 0.0336. The Morgan fingerprint density at radius 3 is 0.672 bits per heavy atom. The number of methoxy groups -OCH3 is 4. The Hall–Kier alpha value is -13.0. The summed E-state index contributed by atoms with van der Waals surface area (Å²) in [5, 5.41) is 6.30. The van der Waals surface area contributed by atoms with Crippen molar-refractivity contribution in [3.05, 3.63) is 285 Å². The number of aromatic nitrogens is 3. The predicted octanol–water partition coefficient (Wildman–Crippen LogP) is 22.7. The van der Waals surface area contributed by atoms with Gasteiger partial charge in [0.2, 0.25) is 0 Å². The van der Waals surface area contributed by atoms with Crippen LogP contribution in [0.25, 0.3) is 82.5 Å². The fraction of sp³-hybridized carbons (Fsp3) is 0.220. The summed E-state index contributed by atoms with van der Waals surface area (Å²) in [7, 11) is 6.77. The highest BCUT2D eigenvalue weighted by atomic mass is 16.6. The standard InChI is InChI=1S/C100H98N6O13/c1-8-111-53-56-114-59-62-117-86-42-23-74(24-43-86)104-95-14-12-11-13-89(95)90-65-79(31-48-96(90)104)103(80-32-51-99-93(68-80)91-66-77(101(70-15-34-82(107-4)35-16-70)71-17-36-83(108-5)37-18-71)29-49-97(91)105(99)75-25-44-87(45-26-75)118-63-60-115-57-54-112-9-2)81-33-52-100-94(69-81)92-67-78(102(72-19-38-84(109-6)39-20-72)73-21-40-85(110-7)41-22-73)30-50-98(92)106(100)76-27-46-88(47-28-76)119-64-61-116-58-55-113-10-3/h11-52,65-69H,8-10,53-64H2,1-7H3. The van der Waals surface area contributed by atoms with Gasteiger partial charge in [-0.3, -0.25) is 0 Å². The highest BCUT2D eigenvalue weighted by molar-refractivity contribution is 6.15. The zero-order valence-electron chi connectivity index (χ0n) is 68.2. The first-order valence-corrected chi connectivity index (χ1v) is 40.6. The third kappa shape index (κ3) is 17.5. The largest absolute Gasteiger partial charge is 0.497 e. The third-order valence-corrected chi connectivity index (χ3v) is 21.2. The van der Waals surface area contributed by atoms with Gasteiger partial charge in [-0.1, -0.05) is 18.2 Å². The molecule has 0 N–H and O–H groups in total. The molecule has 3 aromatic heterocycles. The fourth-order valence-electron chi connectivity index (χ4n) is 15.6. The molecule has 0 aliphatic heterocycles. The summed E-state index contributed by atoms with van der Waals surface area (Å²) in [5.74, 6) is 5.27. The van der Waals surface area contributed by atoms with Crippen molar-refractivity contribution in [3.8, 4) is 57.3 Å². The molecule has 0 radical (unpaired) electrons. The minimum atomic E-state index is 0.398. The van der Waals surface area contributed by atoms with Crippen LogP contribution in [0.4, 0.5) is 51.2 Å². The van der Waals surface area contributed by atoms with E-state index in [1.807, 2.05) is 106 Å². The molecular formula is C100H98N6O13. The second-order valence-corrected chi connectivity index (χ2v) is 28.3. The summed E-state index contributed by atoms with van der Waals surface area (Å²) in [6.45, 7) is 13.6. The first-order valence-electron chi connectivity index (χ1n) is 40.6. The van der Waals surface area contributed by atoms with E-state index in [9.17, 15) is 0 Å². The molecular weight excluding hydrogens is 1490 g/mol. The van der Waals surface area contributed by atoms with Crippen LogP contribution in [0.3, 0.4) is 0 Å². The van der Waals surface area contributed by atoms with Crippen molar-refractivity contribution in [1.82, 2.24) is 13.7 Å². The van der Waals surface area contributed by atoms with E-state index in [0.29, 0.717) is 99.1 Å². The van der Waals surface area contributed by atoms with Gasteiger partial charge in [0.15, 0.2) is 0 Å². The molecule has 119 heavy (non-hydrogen) atoms. The minimum Gasteiger partial charge on any atom is -0.497 e. The maximum atomic E-state index is 6.28. The molecule has 3 heterocycles. The highest BCUT2D eigenvalue weighted by Gasteiger charge is 2.26. The van der Waals surface area contributed by atoms with E-state index in [4.69, 9.17) is 61.6 Å². The van der Waals surface area contributed by atoms with Crippen molar-refractivity contribution in [1.29, 1.82) is 0 Å². The van der Waals surface area contributed by atoms with Gasteiger partial charge in [0.25, 0.3) is 0 Å². The molecule has 16 aromatic rings. The first-order chi connectivity index (χ1) is 58.7. The maximum absolute atomic E-state index is 6.28. The molecule has 0 atom stereocenters. The Labute approximate surface area is 693 Å². The zero-order chi connectivity index (χ0) is 81.4. The molecule has 0 fully saturated rings. The molecule has 19 heteroatoms. The van der Waals surface area contributed by atoms with Crippen LogP contribution in [0.5, 0.6) is 40.2 Å². The molecule has 16 rings (SSSR count). The normalized spacial score (nSPS) is 11.5. The van der Waals surface area contributed by atoms with E-state index in [0.717, 1.165) is 174 Å². The third-order valence-electron chi connectivity index (χ3n) is 21.2. The molecule has 0 unspecified atom stereocenters. The van der Waals surface area contributed by atoms with E-state index in [2.05, 4.69) is 229 Å². The van der Waals surface area contributed by atoms with E-state index >= 15 is 0 Å². The number of fused-ring (bicyclic) bond motifs is 9. The van der Waals surface area contributed by atoms with Crippen LogP contribution in [0, 0.1) is 0 Å². The van der Waals surface area contributed by atoms with Gasteiger partial charge in [0, 0.05) is 120 Å². The Morgan fingerprint density at radius 2 is 0.412 bits per heavy atom. The van der Waals surface area contributed by atoms with Crippen LogP contribution >= 0.6 is 0 Å². The number of benzene rings is 13. The lowest BCUT2D eigenvalue weighted by Crippen LogP contribution is -2.10. The molecule has 0 saturated carbocycles. The van der Waals surface area contributed by atoms with Gasteiger partial charge in [-0.15, -0.1) is 0 Å². The Morgan fingerprint density at radius 1 is 0.202 bits per heavy atom. The van der Waals surface area contributed by atoms with Crippen molar-refractivity contribution in [3.63, 3.8) is 0 Å². The summed E-state index contributed by atoms with van der Waals surface area (Å²) in [6, 6.07) is 101. The van der Waals surface area contributed by atoms with Crippen LogP contribution in [0.1, 0.15) is 20.8 Å². The van der Waals surface area contributed by atoms with Crippen molar-refractivity contribution in [2.75, 3.05) is 142 Å². The van der Waals surface area contributed by atoms with Gasteiger partial charge in [-0.05, 0) is 288 Å². The predicted molar refractivity (Wildman–Crippen MR) is 478 cm³/mol. The van der Waals surface area contributed by atoms with Crippen LogP contribution < -0.4 is 47.9 Å². The molecule has 0 aliphatic carbocycles. The molecule has 13 aromatic carbocycles. The molecule has 0 spiro atoms. The van der Waals surface area contributed by atoms with Gasteiger partial charge in [0.05, 0.1) is 121 Å². The molecule has 0 bridgehead atoms. The molecule has 0 amide bonds. The summed E-state index contributed by atoms with van der Waals surface area (Å²) < 4.78 is 82.6. The first kappa shape index (κ1) is 79.8. The average Bonchev–Trinajstić information content (AvgIpc) is 1.58. The van der Waals surface area contributed by atoms with Crippen molar-refractivity contribution >= 4 is 117 Å². The molecule has 19 nitrogen and oxygen atoms in total.